The molecule has 0 radical (unpaired) electrons. The maximum absolute atomic E-state index is 13.7. The van der Waals surface area contributed by atoms with Gasteiger partial charge < -0.3 is 0 Å². The molecule has 0 amide bonds. The summed E-state index contributed by atoms with van der Waals surface area (Å²) >= 11 is 1.21. The average Bonchev–Trinajstić information content (AvgIpc) is 2.77. The molecule has 2 rings (SSSR count). The first kappa shape index (κ1) is 14.0. The van der Waals surface area contributed by atoms with Crippen LogP contribution in [0, 0.1) is 5.82 Å². The Balaban J connectivity index is 2.48. The Morgan fingerprint density at radius 3 is 2.42 bits per heavy atom. The minimum Gasteiger partial charge on any atom is -0.244 e. The van der Waals surface area contributed by atoms with E-state index < -0.39 is 17.6 Å². The van der Waals surface area contributed by atoms with Crippen molar-refractivity contribution < 1.29 is 17.6 Å². The molecular weight excluding hydrogens is 278 g/mol. The molecule has 102 valence electrons. The molecule has 1 heterocycles. The number of nitrogens with zero attached hydrogens (tertiary/aromatic N) is 1. The molecule has 0 aliphatic heterocycles. The van der Waals surface area contributed by atoms with Crippen LogP contribution in [-0.2, 0) is 6.18 Å². The predicted molar refractivity (Wildman–Crippen MR) is 66.6 cm³/mol. The quantitative estimate of drug-likeness (QED) is 0.702. The number of benzene rings is 1. The van der Waals surface area contributed by atoms with Crippen LogP contribution < -0.4 is 0 Å². The fraction of sp³-hybridized carbons (Fsp3) is 0.308. The van der Waals surface area contributed by atoms with E-state index in [1.54, 1.807) is 6.20 Å². The Hall–Kier alpha value is -1.43. The van der Waals surface area contributed by atoms with Crippen molar-refractivity contribution in [1.82, 2.24) is 4.98 Å². The number of halogens is 4. The zero-order valence-corrected chi connectivity index (χ0v) is 11.1. The number of hydrogen-bond donors (Lipinski definition) is 0. The van der Waals surface area contributed by atoms with Gasteiger partial charge in [-0.1, -0.05) is 13.8 Å². The third-order valence-electron chi connectivity index (χ3n) is 2.62. The zero-order valence-electron chi connectivity index (χ0n) is 10.3. The highest BCUT2D eigenvalue weighted by molar-refractivity contribution is 7.15. The van der Waals surface area contributed by atoms with Crippen LogP contribution in [0.4, 0.5) is 17.6 Å². The summed E-state index contributed by atoms with van der Waals surface area (Å²) in [5.74, 6) is -0.488. The van der Waals surface area contributed by atoms with Gasteiger partial charge in [0.05, 0.1) is 5.56 Å². The maximum atomic E-state index is 13.7. The summed E-state index contributed by atoms with van der Waals surface area (Å²) in [5, 5.41) is 0.271. The fourth-order valence-electron chi connectivity index (χ4n) is 1.54. The van der Waals surface area contributed by atoms with E-state index in [0.29, 0.717) is 0 Å². The van der Waals surface area contributed by atoms with E-state index in [1.807, 2.05) is 13.8 Å². The Bertz CT molecular complexity index is 587. The van der Waals surface area contributed by atoms with Crippen LogP contribution >= 0.6 is 11.3 Å². The van der Waals surface area contributed by atoms with E-state index in [1.165, 1.54) is 11.3 Å². The van der Waals surface area contributed by atoms with Gasteiger partial charge >= 0.3 is 6.18 Å². The van der Waals surface area contributed by atoms with Crippen LogP contribution in [0.25, 0.3) is 10.6 Å². The van der Waals surface area contributed by atoms with Crippen LogP contribution in [0.1, 0.15) is 30.2 Å². The molecule has 0 aliphatic carbocycles. The van der Waals surface area contributed by atoms with Crippen molar-refractivity contribution in [3.05, 3.63) is 40.7 Å². The standard InChI is InChI=1S/C13H11F4NS/c1-7(2)11-6-18-12(19-11)9-5-8(13(15,16)17)3-4-10(9)14/h3-7H,1-2H3. The third kappa shape index (κ3) is 2.94. The summed E-state index contributed by atoms with van der Waals surface area (Å²) in [7, 11) is 0. The molecule has 0 aliphatic rings. The summed E-state index contributed by atoms with van der Waals surface area (Å²) in [5.41, 5.74) is -0.975. The van der Waals surface area contributed by atoms with Crippen LogP contribution in [0.15, 0.2) is 24.4 Å². The van der Waals surface area contributed by atoms with Gasteiger partial charge in [-0.3, -0.25) is 0 Å². The highest BCUT2D eigenvalue weighted by Crippen LogP contribution is 2.35. The lowest BCUT2D eigenvalue weighted by atomic mass is 10.1. The molecule has 6 heteroatoms. The van der Waals surface area contributed by atoms with E-state index in [4.69, 9.17) is 0 Å². The lowest BCUT2D eigenvalue weighted by molar-refractivity contribution is -0.137. The van der Waals surface area contributed by atoms with Crippen molar-refractivity contribution in [2.45, 2.75) is 25.9 Å². The molecule has 2 aromatic rings. The zero-order chi connectivity index (χ0) is 14.2. The van der Waals surface area contributed by atoms with Crippen molar-refractivity contribution in [1.29, 1.82) is 0 Å². The molecule has 0 saturated carbocycles. The number of rotatable bonds is 2. The van der Waals surface area contributed by atoms with Crippen molar-refractivity contribution in [3.8, 4) is 10.6 Å². The second-order valence-corrected chi connectivity index (χ2v) is 5.48. The first-order valence-corrected chi connectivity index (χ1v) is 6.43. The molecule has 0 spiro atoms. The maximum Gasteiger partial charge on any atom is 0.416 e. The van der Waals surface area contributed by atoms with E-state index in [2.05, 4.69) is 4.98 Å². The molecule has 0 fully saturated rings. The van der Waals surface area contributed by atoms with Crippen LogP contribution in [0.5, 0.6) is 0 Å². The van der Waals surface area contributed by atoms with Gasteiger partial charge in [-0.15, -0.1) is 11.3 Å². The summed E-state index contributed by atoms with van der Waals surface area (Å²) < 4.78 is 51.5. The average molecular weight is 289 g/mol. The summed E-state index contributed by atoms with van der Waals surface area (Å²) in [6.07, 6.45) is -2.91. The SMILES string of the molecule is CC(C)c1cnc(-c2cc(C(F)(F)F)ccc2F)s1. The first-order chi connectivity index (χ1) is 8.79. The van der Waals surface area contributed by atoms with E-state index in [-0.39, 0.29) is 16.5 Å². The van der Waals surface area contributed by atoms with Gasteiger partial charge in [-0.05, 0) is 24.1 Å². The molecule has 0 saturated heterocycles. The second-order valence-electron chi connectivity index (χ2n) is 4.41. The van der Waals surface area contributed by atoms with Crippen LogP contribution in [0.2, 0.25) is 0 Å². The van der Waals surface area contributed by atoms with Gasteiger partial charge in [0.1, 0.15) is 10.8 Å². The summed E-state index contributed by atoms with van der Waals surface area (Å²) in [6.45, 7) is 3.89. The second kappa shape index (κ2) is 4.92. The van der Waals surface area contributed by atoms with Crippen molar-refractivity contribution >= 4 is 11.3 Å². The van der Waals surface area contributed by atoms with Crippen LogP contribution in [-0.4, -0.2) is 4.98 Å². The highest BCUT2D eigenvalue weighted by atomic mass is 32.1. The number of hydrogen-bond acceptors (Lipinski definition) is 2. The highest BCUT2D eigenvalue weighted by Gasteiger charge is 2.31. The Morgan fingerprint density at radius 2 is 1.89 bits per heavy atom. The van der Waals surface area contributed by atoms with E-state index in [0.717, 1.165) is 23.1 Å². The van der Waals surface area contributed by atoms with Crippen LogP contribution in [0.3, 0.4) is 0 Å². The summed E-state index contributed by atoms with van der Waals surface area (Å²) in [4.78, 5) is 4.91. The lowest BCUT2D eigenvalue weighted by Crippen LogP contribution is -2.05. The van der Waals surface area contributed by atoms with E-state index in [9.17, 15) is 17.6 Å². The minimum absolute atomic E-state index is 0.105. The normalized spacial score (nSPS) is 12.2. The first-order valence-electron chi connectivity index (χ1n) is 5.62. The van der Waals surface area contributed by atoms with Gasteiger partial charge in [0.25, 0.3) is 0 Å². The van der Waals surface area contributed by atoms with Gasteiger partial charge in [-0.2, -0.15) is 13.2 Å². The van der Waals surface area contributed by atoms with E-state index >= 15 is 0 Å². The largest absolute Gasteiger partial charge is 0.416 e. The summed E-state index contributed by atoms with van der Waals surface area (Å²) in [6, 6.07) is 2.36. The predicted octanol–water partition coefficient (Wildman–Crippen LogP) is 5.09. The topological polar surface area (TPSA) is 12.9 Å². The number of aromatic nitrogens is 1. The Labute approximate surface area is 111 Å². The van der Waals surface area contributed by atoms with Crippen molar-refractivity contribution in [2.24, 2.45) is 0 Å². The number of thiazole rings is 1. The van der Waals surface area contributed by atoms with Gasteiger partial charge in [0.15, 0.2) is 0 Å². The molecule has 0 atom stereocenters. The Kier molecular flexibility index (Phi) is 3.62. The lowest BCUT2D eigenvalue weighted by Gasteiger charge is -2.08. The molecule has 0 bridgehead atoms. The molecule has 1 aromatic heterocycles. The third-order valence-corrected chi connectivity index (χ3v) is 3.95. The molecule has 0 N–H and O–H groups in total. The van der Waals surface area contributed by atoms with Crippen molar-refractivity contribution in [3.63, 3.8) is 0 Å². The molecule has 1 nitrogen and oxygen atoms in total. The Morgan fingerprint density at radius 1 is 1.21 bits per heavy atom. The molecule has 0 unspecified atom stereocenters. The molecule has 1 aromatic carbocycles. The van der Waals surface area contributed by atoms with Gasteiger partial charge in [0.2, 0.25) is 0 Å². The van der Waals surface area contributed by atoms with Gasteiger partial charge in [-0.25, -0.2) is 9.37 Å². The number of alkyl halides is 3. The van der Waals surface area contributed by atoms with Crippen molar-refractivity contribution in [2.75, 3.05) is 0 Å². The fourth-order valence-corrected chi connectivity index (χ4v) is 2.48. The smallest absolute Gasteiger partial charge is 0.244 e. The minimum atomic E-state index is -4.49. The molecular formula is C13H11F4NS. The van der Waals surface area contributed by atoms with Gasteiger partial charge in [0, 0.05) is 16.6 Å². The monoisotopic (exact) mass is 289 g/mol. The molecule has 19 heavy (non-hydrogen) atoms.